The van der Waals surface area contributed by atoms with Gasteiger partial charge < -0.3 is 10.6 Å². The van der Waals surface area contributed by atoms with Gasteiger partial charge in [-0.1, -0.05) is 6.07 Å². The van der Waals surface area contributed by atoms with E-state index in [1.54, 1.807) is 0 Å². The highest BCUT2D eigenvalue weighted by Crippen LogP contribution is 2.24. The Morgan fingerprint density at radius 1 is 1.53 bits per heavy atom. The highest BCUT2D eigenvalue weighted by atomic mass is 32.2. The summed E-state index contributed by atoms with van der Waals surface area (Å²) >= 11 is 1.97. The maximum atomic E-state index is 5.53. The standard InChI is InChI=1S/C11H17N3S/c1-14(6-5-12)11-3-2-9-4-7-15-8-10(9)13-11/h2-3H,4-8,12H2,1H3. The van der Waals surface area contributed by atoms with Crippen LogP contribution < -0.4 is 10.6 Å². The molecule has 0 atom stereocenters. The summed E-state index contributed by atoms with van der Waals surface area (Å²) in [4.78, 5) is 6.79. The number of hydrogen-bond acceptors (Lipinski definition) is 4. The first-order chi connectivity index (χ1) is 7.31. The van der Waals surface area contributed by atoms with Gasteiger partial charge in [-0.15, -0.1) is 0 Å². The van der Waals surface area contributed by atoms with Crippen LogP contribution in [0.25, 0.3) is 0 Å². The molecular formula is C11H17N3S. The van der Waals surface area contributed by atoms with E-state index < -0.39 is 0 Å². The monoisotopic (exact) mass is 223 g/mol. The summed E-state index contributed by atoms with van der Waals surface area (Å²) in [5.74, 6) is 3.33. The van der Waals surface area contributed by atoms with Crippen LogP contribution in [-0.4, -0.2) is 30.9 Å². The van der Waals surface area contributed by atoms with Crippen LogP contribution in [0.4, 0.5) is 5.82 Å². The van der Waals surface area contributed by atoms with Crippen LogP contribution in [-0.2, 0) is 12.2 Å². The molecule has 0 bridgehead atoms. The van der Waals surface area contributed by atoms with E-state index in [9.17, 15) is 0 Å². The smallest absolute Gasteiger partial charge is 0.128 e. The zero-order valence-electron chi connectivity index (χ0n) is 9.07. The number of nitrogens with two attached hydrogens (primary N) is 1. The molecule has 0 aromatic carbocycles. The fourth-order valence-corrected chi connectivity index (χ4v) is 2.69. The van der Waals surface area contributed by atoms with Crippen LogP contribution >= 0.6 is 11.8 Å². The molecule has 4 heteroatoms. The first kappa shape index (κ1) is 10.8. The van der Waals surface area contributed by atoms with Crippen molar-refractivity contribution in [3.63, 3.8) is 0 Å². The minimum atomic E-state index is 0.671. The normalized spacial score (nSPS) is 14.8. The Balaban J connectivity index is 2.20. The number of likely N-dealkylation sites (N-methyl/N-ethyl adjacent to an activating group) is 1. The molecule has 0 fully saturated rings. The quantitative estimate of drug-likeness (QED) is 0.838. The van der Waals surface area contributed by atoms with Crippen LogP contribution in [0.1, 0.15) is 11.3 Å². The molecule has 0 radical (unpaired) electrons. The summed E-state index contributed by atoms with van der Waals surface area (Å²) in [6, 6.07) is 4.31. The van der Waals surface area contributed by atoms with Gasteiger partial charge in [-0.3, -0.25) is 0 Å². The number of nitrogens with zero attached hydrogens (tertiary/aromatic N) is 2. The van der Waals surface area contributed by atoms with Crippen molar-refractivity contribution >= 4 is 17.6 Å². The molecule has 0 saturated carbocycles. The van der Waals surface area contributed by atoms with E-state index in [-0.39, 0.29) is 0 Å². The predicted molar refractivity (Wildman–Crippen MR) is 66.4 cm³/mol. The van der Waals surface area contributed by atoms with Crippen molar-refractivity contribution in [2.45, 2.75) is 12.2 Å². The molecule has 2 N–H and O–H groups in total. The summed E-state index contributed by atoms with van der Waals surface area (Å²) in [5, 5.41) is 0. The van der Waals surface area contributed by atoms with Gasteiger partial charge in [-0.25, -0.2) is 4.98 Å². The predicted octanol–water partition coefficient (Wildman–Crippen LogP) is 1.27. The molecule has 3 nitrogen and oxygen atoms in total. The molecule has 0 aliphatic carbocycles. The topological polar surface area (TPSA) is 42.1 Å². The maximum Gasteiger partial charge on any atom is 0.128 e. The van der Waals surface area contributed by atoms with Crippen LogP contribution in [0.15, 0.2) is 12.1 Å². The van der Waals surface area contributed by atoms with Crippen LogP contribution in [0.3, 0.4) is 0 Å². The molecular weight excluding hydrogens is 206 g/mol. The van der Waals surface area contributed by atoms with E-state index in [0.717, 1.165) is 24.5 Å². The van der Waals surface area contributed by atoms with E-state index in [1.165, 1.54) is 17.0 Å². The van der Waals surface area contributed by atoms with Crippen molar-refractivity contribution < 1.29 is 0 Å². The Morgan fingerprint density at radius 3 is 3.20 bits per heavy atom. The van der Waals surface area contributed by atoms with Gasteiger partial charge in [-0.2, -0.15) is 11.8 Å². The molecule has 0 amide bonds. The third-order valence-electron chi connectivity index (χ3n) is 2.66. The third kappa shape index (κ3) is 2.44. The van der Waals surface area contributed by atoms with Gasteiger partial charge in [0, 0.05) is 25.9 Å². The number of aromatic nitrogens is 1. The van der Waals surface area contributed by atoms with Crippen molar-refractivity contribution in [1.82, 2.24) is 4.98 Å². The zero-order chi connectivity index (χ0) is 10.7. The van der Waals surface area contributed by atoms with E-state index in [0.29, 0.717) is 6.54 Å². The Hall–Kier alpha value is -0.740. The second kappa shape index (κ2) is 4.86. The van der Waals surface area contributed by atoms with Crippen LogP contribution in [0.5, 0.6) is 0 Å². The van der Waals surface area contributed by atoms with E-state index in [1.807, 2.05) is 18.8 Å². The van der Waals surface area contributed by atoms with Gasteiger partial charge >= 0.3 is 0 Å². The second-order valence-electron chi connectivity index (χ2n) is 3.79. The summed E-state index contributed by atoms with van der Waals surface area (Å²) < 4.78 is 0. The largest absolute Gasteiger partial charge is 0.358 e. The lowest BCUT2D eigenvalue weighted by Gasteiger charge is -2.21. The fraction of sp³-hybridized carbons (Fsp3) is 0.545. The number of hydrogen-bond donors (Lipinski definition) is 1. The first-order valence-corrected chi connectivity index (χ1v) is 6.44. The molecule has 0 unspecified atom stereocenters. The number of anilines is 1. The highest BCUT2D eigenvalue weighted by molar-refractivity contribution is 7.98. The minimum absolute atomic E-state index is 0.671. The third-order valence-corrected chi connectivity index (χ3v) is 3.63. The fourth-order valence-electron chi connectivity index (χ4n) is 1.74. The first-order valence-electron chi connectivity index (χ1n) is 5.29. The Kier molecular flexibility index (Phi) is 3.49. The lowest BCUT2D eigenvalue weighted by atomic mass is 10.1. The number of rotatable bonds is 3. The number of aryl methyl sites for hydroxylation is 1. The van der Waals surface area contributed by atoms with Crippen molar-refractivity contribution in [3.8, 4) is 0 Å². The molecule has 1 aromatic heterocycles. The zero-order valence-corrected chi connectivity index (χ0v) is 9.89. The van der Waals surface area contributed by atoms with Crippen LogP contribution in [0, 0.1) is 0 Å². The summed E-state index contributed by atoms with van der Waals surface area (Å²) in [7, 11) is 2.04. The highest BCUT2D eigenvalue weighted by Gasteiger charge is 2.12. The SMILES string of the molecule is CN(CCN)c1ccc2c(n1)CSCC2. The lowest BCUT2D eigenvalue weighted by Crippen LogP contribution is -2.26. The lowest BCUT2D eigenvalue weighted by molar-refractivity contribution is 0.858. The van der Waals surface area contributed by atoms with Crippen molar-refractivity contribution in [3.05, 3.63) is 23.4 Å². The van der Waals surface area contributed by atoms with Crippen molar-refractivity contribution in [2.24, 2.45) is 5.73 Å². The number of thioether (sulfide) groups is 1. The van der Waals surface area contributed by atoms with Crippen molar-refractivity contribution in [1.29, 1.82) is 0 Å². The minimum Gasteiger partial charge on any atom is -0.358 e. The van der Waals surface area contributed by atoms with E-state index >= 15 is 0 Å². The molecule has 1 aliphatic rings. The average Bonchev–Trinajstić information content (AvgIpc) is 2.29. The van der Waals surface area contributed by atoms with Gasteiger partial charge in [0.25, 0.3) is 0 Å². The molecule has 0 saturated heterocycles. The molecule has 82 valence electrons. The molecule has 0 spiro atoms. The summed E-state index contributed by atoms with van der Waals surface area (Å²) in [6.07, 6.45) is 1.16. The average molecular weight is 223 g/mol. The molecule has 1 aliphatic heterocycles. The van der Waals surface area contributed by atoms with Gasteiger partial charge in [0.05, 0.1) is 5.69 Å². The van der Waals surface area contributed by atoms with Gasteiger partial charge in [0.15, 0.2) is 0 Å². The Labute approximate surface area is 95.1 Å². The van der Waals surface area contributed by atoms with Gasteiger partial charge in [-0.05, 0) is 23.8 Å². The molecule has 1 aromatic rings. The number of fused-ring (bicyclic) bond motifs is 1. The second-order valence-corrected chi connectivity index (χ2v) is 4.89. The van der Waals surface area contributed by atoms with E-state index in [4.69, 9.17) is 5.73 Å². The molecule has 2 heterocycles. The van der Waals surface area contributed by atoms with Gasteiger partial charge in [0.2, 0.25) is 0 Å². The van der Waals surface area contributed by atoms with Crippen LogP contribution in [0.2, 0.25) is 0 Å². The summed E-state index contributed by atoms with van der Waals surface area (Å²) in [5.41, 5.74) is 8.20. The molecule has 2 rings (SSSR count). The van der Waals surface area contributed by atoms with Crippen molar-refractivity contribution in [2.75, 3.05) is 30.8 Å². The Morgan fingerprint density at radius 2 is 2.40 bits per heavy atom. The maximum absolute atomic E-state index is 5.53. The summed E-state index contributed by atoms with van der Waals surface area (Å²) in [6.45, 7) is 1.53. The number of pyridine rings is 1. The van der Waals surface area contributed by atoms with E-state index in [2.05, 4.69) is 22.0 Å². The molecule has 15 heavy (non-hydrogen) atoms. The Bertz CT molecular complexity index is 341. The van der Waals surface area contributed by atoms with Gasteiger partial charge in [0.1, 0.15) is 5.82 Å².